The van der Waals surface area contributed by atoms with Crippen LogP contribution in [0.4, 0.5) is 4.39 Å². The Labute approximate surface area is 93.9 Å². The molecule has 1 aliphatic rings. The zero-order chi connectivity index (χ0) is 11.5. The second-order valence-electron chi connectivity index (χ2n) is 3.87. The fourth-order valence-electron chi connectivity index (χ4n) is 1.87. The molecule has 0 saturated heterocycles. The maximum Gasteiger partial charge on any atom is 0.132 e. The van der Waals surface area contributed by atoms with Gasteiger partial charge in [-0.15, -0.1) is 5.10 Å². The first kappa shape index (κ1) is 10.8. The van der Waals surface area contributed by atoms with E-state index in [1.54, 1.807) is 18.2 Å². The predicted octanol–water partition coefficient (Wildman–Crippen LogP) is 2.32. The SMILES string of the molecule is CCC1CC(N)=NN=C1c1ccccc1F. The van der Waals surface area contributed by atoms with E-state index in [0.29, 0.717) is 23.5 Å². The van der Waals surface area contributed by atoms with Crippen molar-refractivity contribution in [2.75, 3.05) is 0 Å². The van der Waals surface area contributed by atoms with Crippen LogP contribution >= 0.6 is 0 Å². The molecule has 0 radical (unpaired) electrons. The second kappa shape index (κ2) is 4.43. The minimum absolute atomic E-state index is 0.161. The molecule has 1 aromatic carbocycles. The van der Waals surface area contributed by atoms with Crippen LogP contribution in [0, 0.1) is 11.7 Å². The molecule has 0 saturated carbocycles. The molecule has 1 heterocycles. The molecule has 2 rings (SSSR count). The molecule has 1 atom stereocenters. The normalized spacial score (nSPS) is 20.2. The van der Waals surface area contributed by atoms with Gasteiger partial charge in [0.2, 0.25) is 0 Å². The lowest BCUT2D eigenvalue weighted by atomic mass is 9.90. The Morgan fingerprint density at radius 1 is 1.38 bits per heavy atom. The zero-order valence-corrected chi connectivity index (χ0v) is 9.15. The molecule has 0 fully saturated rings. The average Bonchev–Trinajstić information content (AvgIpc) is 2.30. The summed E-state index contributed by atoms with van der Waals surface area (Å²) in [6, 6.07) is 6.64. The molecule has 1 aromatic rings. The number of halogens is 1. The maximum absolute atomic E-state index is 13.6. The van der Waals surface area contributed by atoms with Crippen LogP contribution in [0.2, 0.25) is 0 Å². The van der Waals surface area contributed by atoms with Crippen LogP contribution in [-0.4, -0.2) is 11.5 Å². The van der Waals surface area contributed by atoms with Crippen molar-refractivity contribution in [2.45, 2.75) is 19.8 Å². The minimum atomic E-state index is -0.254. The summed E-state index contributed by atoms with van der Waals surface area (Å²) in [6.07, 6.45) is 1.53. The minimum Gasteiger partial charge on any atom is -0.386 e. The number of benzene rings is 1. The Balaban J connectivity index is 2.43. The van der Waals surface area contributed by atoms with Crippen molar-refractivity contribution in [1.29, 1.82) is 0 Å². The third-order valence-corrected chi connectivity index (χ3v) is 2.77. The Morgan fingerprint density at radius 2 is 2.12 bits per heavy atom. The standard InChI is InChI=1S/C12H14FN3/c1-2-8-7-11(14)15-16-12(8)9-5-3-4-6-10(9)13/h3-6,8H,2,7H2,1H3,(H2,14,15). The van der Waals surface area contributed by atoms with Gasteiger partial charge in [0.15, 0.2) is 0 Å². The van der Waals surface area contributed by atoms with Crippen molar-refractivity contribution in [2.24, 2.45) is 21.9 Å². The molecule has 0 bridgehead atoms. The van der Waals surface area contributed by atoms with Gasteiger partial charge >= 0.3 is 0 Å². The highest BCUT2D eigenvalue weighted by molar-refractivity contribution is 6.05. The summed E-state index contributed by atoms with van der Waals surface area (Å²) in [7, 11) is 0. The van der Waals surface area contributed by atoms with Crippen LogP contribution in [0.15, 0.2) is 34.5 Å². The van der Waals surface area contributed by atoms with Crippen LogP contribution in [0.3, 0.4) is 0 Å². The summed E-state index contributed by atoms with van der Waals surface area (Å²) in [6.45, 7) is 2.04. The molecule has 84 valence electrons. The molecule has 1 unspecified atom stereocenters. The molecule has 3 nitrogen and oxygen atoms in total. The Bertz CT molecular complexity index is 451. The lowest BCUT2D eigenvalue weighted by Gasteiger charge is -2.20. The molecule has 0 aromatic heterocycles. The van der Waals surface area contributed by atoms with Gasteiger partial charge in [-0.1, -0.05) is 25.1 Å². The van der Waals surface area contributed by atoms with E-state index in [0.717, 1.165) is 6.42 Å². The van der Waals surface area contributed by atoms with E-state index < -0.39 is 0 Å². The highest BCUT2D eigenvalue weighted by Gasteiger charge is 2.23. The summed E-state index contributed by atoms with van der Waals surface area (Å²) < 4.78 is 13.6. The molecule has 0 aliphatic carbocycles. The summed E-state index contributed by atoms with van der Waals surface area (Å²) in [5.41, 5.74) is 6.86. The van der Waals surface area contributed by atoms with E-state index in [4.69, 9.17) is 5.73 Å². The Kier molecular flexibility index (Phi) is 2.99. The van der Waals surface area contributed by atoms with Crippen molar-refractivity contribution in [3.63, 3.8) is 0 Å². The molecule has 1 aliphatic heterocycles. The second-order valence-corrected chi connectivity index (χ2v) is 3.87. The van der Waals surface area contributed by atoms with Gasteiger partial charge in [-0.3, -0.25) is 0 Å². The van der Waals surface area contributed by atoms with Crippen LogP contribution in [0.25, 0.3) is 0 Å². The zero-order valence-electron chi connectivity index (χ0n) is 9.15. The molecular formula is C12H14FN3. The number of hydrogen-bond donors (Lipinski definition) is 1. The molecule has 4 heteroatoms. The number of nitrogens with two attached hydrogens (primary N) is 1. The van der Waals surface area contributed by atoms with E-state index in [1.165, 1.54) is 6.07 Å². The summed E-state index contributed by atoms with van der Waals surface area (Å²) in [5.74, 6) is 0.428. The lowest BCUT2D eigenvalue weighted by molar-refractivity contribution is 0.616. The molecule has 2 N–H and O–H groups in total. The summed E-state index contributed by atoms with van der Waals surface area (Å²) in [5, 5.41) is 7.88. The summed E-state index contributed by atoms with van der Waals surface area (Å²) in [4.78, 5) is 0. The largest absolute Gasteiger partial charge is 0.386 e. The van der Waals surface area contributed by atoms with Crippen LogP contribution < -0.4 is 5.73 Å². The van der Waals surface area contributed by atoms with E-state index in [9.17, 15) is 4.39 Å². The van der Waals surface area contributed by atoms with Gasteiger partial charge in [0, 0.05) is 17.9 Å². The molecular weight excluding hydrogens is 205 g/mol. The van der Waals surface area contributed by atoms with Gasteiger partial charge in [-0.2, -0.15) is 5.10 Å². The predicted molar refractivity (Wildman–Crippen MR) is 63.0 cm³/mol. The molecule has 16 heavy (non-hydrogen) atoms. The number of amidine groups is 1. The van der Waals surface area contributed by atoms with E-state index in [1.807, 2.05) is 6.92 Å². The maximum atomic E-state index is 13.6. The third-order valence-electron chi connectivity index (χ3n) is 2.77. The van der Waals surface area contributed by atoms with Crippen molar-refractivity contribution in [3.8, 4) is 0 Å². The smallest absolute Gasteiger partial charge is 0.132 e. The van der Waals surface area contributed by atoms with E-state index >= 15 is 0 Å². The Morgan fingerprint density at radius 3 is 2.81 bits per heavy atom. The van der Waals surface area contributed by atoms with Crippen molar-refractivity contribution >= 4 is 11.5 Å². The first-order valence-electron chi connectivity index (χ1n) is 5.37. The van der Waals surface area contributed by atoms with Crippen LogP contribution in [0.1, 0.15) is 25.3 Å². The van der Waals surface area contributed by atoms with Crippen LogP contribution in [-0.2, 0) is 0 Å². The summed E-state index contributed by atoms with van der Waals surface area (Å²) >= 11 is 0. The number of nitrogens with zero attached hydrogens (tertiary/aromatic N) is 2. The monoisotopic (exact) mass is 219 g/mol. The highest BCUT2D eigenvalue weighted by Crippen LogP contribution is 2.22. The number of rotatable bonds is 2. The van der Waals surface area contributed by atoms with Gasteiger partial charge in [0.25, 0.3) is 0 Å². The van der Waals surface area contributed by atoms with Gasteiger partial charge in [-0.25, -0.2) is 4.39 Å². The topological polar surface area (TPSA) is 50.7 Å². The van der Waals surface area contributed by atoms with Gasteiger partial charge < -0.3 is 5.73 Å². The fraction of sp³-hybridized carbons (Fsp3) is 0.333. The fourth-order valence-corrected chi connectivity index (χ4v) is 1.87. The van der Waals surface area contributed by atoms with Crippen molar-refractivity contribution < 1.29 is 4.39 Å². The van der Waals surface area contributed by atoms with Gasteiger partial charge in [0.05, 0.1) is 5.71 Å². The average molecular weight is 219 g/mol. The number of hydrogen-bond acceptors (Lipinski definition) is 3. The Hall–Kier alpha value is -1.71. The van der Waals surface area contributed by atoms with Crippen molar-refractivity contribution in [1.82, 2.24) is 0 Å². The van der Waals surface area contributed by atoms with Gasteiger partial charge in [0.1, 0.15) is 11.7 Å². The van der Waals surface area contributed by atoms with Crippen LogP contribution in [0.5, 0.6) is 0 Å². The molecule has 0 spiro atoms. The highest BCUT2D eigenvalue weighted by atomic mass is 19.1. The van der Waals surface area contributed by atoms with E-state index in [2.05, 4.69) is 10.2 Å². The van der Waals surface area contributed by atoms with Gasteiger partial charge in [-0.05, 0) is 12.5 Å². The lowest BCUT2D eigenvalue weighted by Crippen LogP contribution is -2.27. The third kappa shape index (κ3) is 1.96. The van der Waals surface area contributed by atoms with Crippen molar-refractivity contribution in [3.05, 3.63) is 35.6 Å². The quantitative estimate of drug-likeness (QED) is 0.815. The molecule has 0 amide bonds. The first-order valence-corrected chi connectivity index (χ1v) is 5.37. The first-order chi connectivity index (χ1) is 7.72. The van der Waals surface area contributed by atoms with E-state index in [-0.39, 0.29) is 11.7 Å².